The fraction of sp³-hybridized carbons (Fsp3) is 0.667. The molecule has 0 aliphatic heterocycles. The van der Waals surface area contributed by atoms with Gasteiger partial charge in [0.2, 0.25) is 0 Å². The molecule has 0 spiro atoms. The highest BCUT2D eigenvalue weighted by atomic mass is 32.2. The van der Waals surface area contributed by atoms with Crippen LogP contribution in [0.3, 0.4) is 0 Å². The number of rotatable bonds is 0. The number of thioether (sulfide) groups is 1. The van der Waals surface area contributed by atoms with E-state index in [2.05, 4.69) is 0 Å². The normalized spacial score (nSPS) is 6.00. The quantitative estimate of drug-likeness (QED) is 0.509. The average Bonchev–Trinajstić information content (AvgIpc) is 1.33. The van der Waals surface area contributed by atoms with Crippen LogP contribution in [0.2, 0.25) is 0 Å². The third-order valence-corrected chi connectivity index (χ3v) is 0. The lowest BCUT2D eigenvalue weighted by Gasteiger charge is -1.60. The molecule has 0 saturated heterocycles. The first-order valence-corrected chi connectivity index (χ1v) is 3.10. The standard InChI is InChI=1S/C2H6S.CH2O3/c1-3-2;2-1(3)4/h1-2H3;(H2,2,3,4). The average molecular weight is 124 g/mol. The zero-order valence-electron chi connectivity index (χ0n) is 4.21. The maximum atomic E-state index is 8.56. The summed E-state index contributed by atoms with van der Waals surface area (Å²) in [5.41, 5.74) is 0. The molecule has 0 aromatic carbocycles. The van der Waals surface area contributed by atoms with Crippen LogP contribution >= 0.6 is 11.8 Å². The minimum Gasteiger partial charge on any atom is -0.450 e. The summed E-state index contributed by atoms with van der Waals surface area (Å²) < 4.78 is 0. The van der Waals surface area contributed by atoms with E-state index >= 15 is 0 Å². The Kier molecular flexibility index (Phi) is 12.8. The van der Waals surface area contributed by atoms with Crippen molar-refractivity contribution in [2.24, 2.45) is 0 Å². The fourth-order valence-electron chi connectivity index (χ4n) is 0. The minimum atomic E-state index is -1.83. The maximum absolute atomic E-state index is 8.56. The van der Waals surface area contributed by atoms with E-state index in [4.69, 9.17) is 15.0 Å². The van der Waals surface area contributed by atoms with E-state index in [1.54, 1.807) is 11.8 Å². The molecular weight excluding hydrogens is 116 g/mol. The van der Waals surface area contributed by atoms with E-state index in [1.165, 1.54) is 0 Å². The first kappa shape index (κ1) is 9.80. The lowest BCUT2D eigenvalue weighted by atomic mass is 11.5. The zero-order chi connectivity index (χ0) is 6.28. The molecule has 2 N–H and O–H groups in total. The van der Waals surface area contributed by atoms with Crippen LogP contribution in [0, 0.1) is 0 Å². The van der Waals surface area contributed by atoms with Gasteiger partial charge in [0.1, 0.15) is 0 Å². The molecule has 0 radical (unpaired) electrons. The highest BCUT2D eigenvalue weighted by Crippen LogP contribution is 1.70. The van der Waals surface area contributed by atoms with Gasteiger partial charge in [-0.2, -0.15) is 11.8 Å². The molecule has 4 heteroatoms. The number of hydrogen-bond donors (Lipinski definition) is 2. The largest absolute Gasteiger partial charge is 0.503 e. The Morgan fingerprint density at radius 2 is 1.43 bits per heavy atom. The second-order valence-electron chi connectivity index (χ2n) is 0.691. The van der Waals surface area contributed by atoms with Gasteiger partial charge in [0, 0.05) is 0 Å². The topological polar surface area (TPSA) is 57.5 Å². The molecular formula is C3H8O3S. The highest BCUT2D eigenvalue weighted by molar-refractivity contribution is 7.97. The summed E-state index contributed by atoms with van der Waals surface area (Å²) in [6, 6.07) is 0. The van der Waals surface area contributed by atoms with Crippen molar-refractivity contribution in [3.05, 3.63) is 0 Å². The van der Waals surface area contributed by atoms with Gasteiger partial charge in [0.05, 0.1) is 0 Å². The number of carbonyl (C=O) groups is 1. The Hall–Kier alpha value is -0.380. The monoisotopic (exact) mass is 124 g/mol. The summed E-state index contributed by atoms with van der Waals surface area (Å²) in [4.78, 5) is 8.56. The van der Waals surface area contributed by atoms with Crippen LogP contribution < -0.4 is 0 Å². The van der Waals surface area contributed by atoms with Gasteiger partial charge in [-0.1, -0.05) is 0 Å². The Labute approximate surface area is 46.3 Å². The van der Waals surface area contributed by atoms with Gasteiger partial charge >= 0.3 is 6.16 Å². The first-order valence-electron chi connectivity index (χ1n) is 1.47. The van der Waals surface area contributed by atoms with Crippen molar-refractivity contribution in [1.82, 2.24) is 0 Å². The van der Waals surface area contributed by atoms with E-state index in [0.29, 0.717) is 0 Å². The predicted molar refractivity (Wildman–Crippen MR) is 30.1 cm³/mol. The van der Waals surface area contributed by atoms with Crippen LogP contribution in [-0.4, -0.2) is 28.9 Å². The lowest BCUT2D eigenvalue weighted by molar-refractivity contribution is 0.137. The Balaban J connectivity index is 0. The molecule has 7 heavy (non-hydrogen) atoms. The molecule has 0 heterocycles. The number of hydrogen-bond acceptors (Lipinski definition) is 2. The Morgan fingerprint density at radius 3 is 1.43 bits per heavy atom. The summed E-state index contributed by atoms with van der Waals surface area (Å²) in [5.74, 6) is 0. The second kappa shape index (κ2) is 9.15. The van der Waals surface area contributed by atoms with Crippen LogP contribution in [0.15, 0.2) is 0 Å². The second-order valence-corrected chi connectivity index (χ2v) is 1.51. The predicted octanol–water partition coefficient (Wildman–Crippen LogP) is 1.20. The molecule has 0 aromatic rings. The van der Waals surface area contributed by atoms with Crippen molar-refractivity contribution in [2.75, 3.05) is 12.5 Å². The Morgan fingerprint density at radius 1 is 1.43 bits per heavy atom. The van der Waals surface area contributed by atoms with E-state index < -0.39 is 6.16 Å². The zero-order valence-corrected chi connectivity index (χ0v) is 5.03. The highest BCUT2D eigenvalue weighted by Gasteiger charge is 1.70. The van der Waals surface area contributed by atoms with Crippen LogP contribution in [0.1, 0.15) is 0 Å². The van der Waals surface area contributed by atoms with Crippen LogP contribution in [0.4, 0.5) is 4.79 Å². The summed E-state index contributed by atoms with van der Waals surface area (Å²) >= 11 is 1.75. The molecule has 0 fully saturated rings. The van der Waals surface area contributed by atoms with Gasteiger partial charge in [-0.15, -0.1) is 0 Å². The van der Waals surface area contributed by atoms with Crippen molar-refractivity contribution < 1.29 is 15.0 Å². The van der Waals surface area contributed by atoms with E-state index in [-0.39, 0.29) is 0 Å². The van der Waals surface area contributed by atoms with Gasteiger partial charge in [-0.25, -0.2) is 4.79 Å². The number of carboxylic acid groups (broad SMARTS) is 2. The van der Waals surface area contributed by atoms with Gasteiger partial charge in [-0.3, -0.25) is 0 Å². The van der Waals surface area contributed by atoms with Gasteiger partial charge in [0.25, 0.3) is 0 Å². The molecule has 0 saturated carbocycles. The van der Waals surface area contributed by atoms with Gasteiger partial charge < -0.3 is 10.2 Å². The van der Waals surface area contributed by atoms with Crippen LogP contribution in [0.5, 0.6) is 0 Å². The van der Waals surface area contributed by atoms with Crippen molar-refractivity contribution in [3.63, 3.8) is 0 Å². The lowest BCUT2D eigenvalue weighted by Crippen LogP contribution is -1.81. The fourth-order valence-corrected chi connectivity index (χ4v) is 0. The smallest absolute Gasteiger partial charge is 0.450 e. The van der Waals surface area contributed by atoms with Crippen molar-refractivity contribution in [1.29, 1.82) is 0 Å². The van der Waals surface area contributed by atoms with E-state index in [1.807, 2.05) is 12.5 Å². The van der Waals surface area contributed by atoms with Crippen LogP contribution in [-0.2, 0) is 0 Å². The van der Waals surface area contributed by atoms with Crippen LogP contribution in [0.25, 0.3) is 0 Å². The molecule has 0 rings (SSSR count). The summed E-state index contributed by atoms with van der Waals surface area (Å²) in [6.07, 6.45) is 2.25. The van der Waals surface area contributed by atoms with Gasteiger partial charge in [0.15, 0.2) is 0 Å². The molecule has 0 unspecified atom stereocenters. The summed E-state index contributed by atoms with van der Waals surface area (Å²) in [6.45, 7) is 0. The molecule has 0 atom stereocenters. The molecule has 44 valence electrons. The van der Waals surface area contributed by atoms with E-state index in [0.717, 1.165) is 0 Å². The molecule has 0 aromatic heterocycles. The third kappa shape index (κ3) is 510. The van der Waals surface area contributed by atoms with Crippen molar-refractivity contribution in [2.45, 2.75) is 0 Å². The molecule has 0 amide bonds. The third-order valence-electron chi connectivity index (χ3n) is 0. The molecule has 0 bridgehead atoms. The van der Waals surface area contributed by atoms with Crippen molar-refractivity contribution >= 4 is 17.9 Å². The minimum absolute atomic E-state index is 1.75. The summed E-state index contributed by atoms with van der Waals surface area (Å²) in [7, 11) is 0. The maximum Gasteiger partial charge on any atom is 0.503 e. The SMILES string of the molecule is CSC.O=C(O)O. The molecule has 3 nitrogen and oxygen atoms in total. The van der Waals surface area contributed by atoms with Gasteiger partial charge in [-0.05, 0) is 12.5 Å². The van der Waals surface area contributed by atoms with Crippen molar-refractivity contribution in [3.8, 4) is 0 Å². The first-order chi connectivity index (χ1) is 3.15. The molecule has 0 aliphatic rings. The Bertz CT molecular complexity index is 41.4. The summed E-state index contributed by atoms with van der Waals surface area (Å²) in [5, 5.41) is 13.9. The van der Waals surface area contributed by atoms with E-state index in [9.17, 15) is 0 Å². The molecule has 0 aliphatic carbocycles.